The summed E-state index contributed by atoms with van der Waals surface area (Å²) in [6.45, 7) is 0. The Balaban J connectivity index is 1.78. The molecule has 2 aliphatic rings. The Morgan fingerprint density at radius 1 is 1.20 bits per heavy atom. The number of amides is 2. The molecule has 0 atom stereocenters. The van der Waals surface area contributed by atoms with Crippen molar-refractivity contribution < 1.29 is 9.59 Å². The molecule has 1 aliphatic carbocycles. The van der Waals surface area contributed by atoms with Crippen molar-refractivity contribution in [1.82, 2.24) is 4.98 Å². The molecule has 0 saturated heterocycles. The zero-order valence-electron chi connectivity index (χ0n) is 14.0. The van der Waals surface area contributed by atoms with Crippen molar-refractivity contribution in [3.05, 3.63) is 52.3 Å². The number of rotatable bonds is 4. The van der Waals surface area contributed by atoms with E-state index in [-0.39, 0.29) is 11.8 Å². The minimum Gasteiger partial charge on any atom is -0.370 e. The number of hydrogen-bond acceptors (Lipinski definition) is 2. The van der Waals surface area contributed by atoms with Crippen LogP contribution in [0.4, 0.5) is 5.69 Å². The van der Waals surface area contributed by atoms with Gasteiger partial charge < -0.3 is 16.0 Å². The van der Waals surface area contributed by atoms with Gasteiger partial charge in [0.2, 0.25) is 5.91 Å². The number of para-hydroxylation sites is 1. The average Bonchev–Trinajstić information content (AvgIpc) is 3.11. The molecule has 1 aliphatic heterocycles. The van der Waals surface area contributed by atoms with Gasteiger partial charge in [0.25, 0.3) is 5.91 Å². The lowest BCUT2D eigenvalue weighted by Crippen LogP contribution is -2.12. The second-order valence-corrected chi connectivity index (χ2v) is 6.71. The number of hydrogen-bond donors (Lipinski definition) is 3. The van der Waals surface area contributed by atoms with E-state index in [1.807, 2.05) is 30.3 Å². The number of aryl methyl sites for hydroxylation is 1. The molecule has 0 bridgehead atoms. The van der Waals surface area contributed by atoms with Crippen molar-refractivity contribution >= 4 is 29.2 Å². The lowest BCUT2D eigenvalue weighted by Gasteiger charge is -2.12. The normalized spacial score (nSPS) is 17.3. The van der Waals surface area contributed by atoms with Gasteiger partial charge in [0.15, 0.2) is 0 Å². The van der Waals surface area contributed by atoms with Gasteiger partial charge in [-0.1, -0.05) is 18.2 Å². The first-order chi connectivity index (χ1) is 12.1. The second-order valence-electron chi connectivity index (χ2n) is 6.71. The van der Waals surface area contributed by atoms with E-state index >= 15 is 0 Å². The molecule has 2 heterocycles. The average molecular weight is 335 g/mol. The maximum atomic E-state index is 12.4. The Labute approximate surface area is 146 Å². The summed E-state index contributed by atoms with van der Waals surface area (Å²) in [4.78, 5) is 27.2. The number of fused-ring (bicyclic) bond motifs is 2. The number of aromatic amines is 1. The Bertz CT molecular complexity index is 892. The van der Waals surface area contributed by atoms with Gasteiger partial charge in [0, 0.05) is 29.1 Å². The largest absolute Gasteiger partial charge is 0.370 e. The summed E-state index contributed by atoms with van der Waals surface area (Å²) in [5.41, 5.74) is 12.4. The predicted octanol–water partition coefficient (Wildman–Crippen LogP) is 2.80. The molecule has 2 amide bonds. The third kappa shape index (κ3) is 2.86. The molecule has 4 N–H and O–H groups in total. The molecular formula is C20H21N3O2. The maximum Gasteiger partial charge on any atom is 0.256 e. The quantitative estimate of drug-likeness (QED) is 0.750. The van der Waals surface area contributed by atoms with Crippen molar-refractivity contribution in [2.75, 3.05) is 5.32 Å². The van der Waals surface area contributed by atoms with Crippen molar-refractivity contribution in [3.8, 4) is 0 Å². The summed E-state index contributed by atoms with van der Waals surface area (Å²) in [6, 6.07) is 7.70. The Morgan fingerprint density at radius 2 is 2.00 bits per heavy atom. The second kappa shape index (κ2) is 6.24. The van der Waals surface area contributed by atoms with Gasteiger partial charge >= 0.3 is 0 Å². The first kappa shape index (κ1) is 15.7. The van der Waals surface area contributed by atoms with Gasteiger partial charge in [-0.2, -0.15) is 0 Å². The van der Waals surface area contributed by atoms with E-state index in [1.54, 1.807) is 0 Å². The van der Waals surface area contributed by atoms with Crippen molar-refractivity contribution in [2.24, 2.45) is 5.73 Å². The van der Waals surface area contributed by atoms with Crippen molar-refractivity contribution in [2.45, 2.75) is 38.5 Å². The molecule has 0 radical (unpaired) electrons. The molecule has 0 saturated carbocycles. The summed E-state index contributed by atoms with van der Waals surface area (Å²) < 4.78 is 0. The summed E-state index contributed by atoms with van der Waals surface area (Å²) in [5.74, 6) is -0.386. The molecule has 25 heavy (non-hydrogen) atoms. The molecule has 5 heteroatoms. The molecule has 4 rings (SSSR count). The zero-order chi connectivity index (χ0) is 17.4. The van der Waals surface area contributed by atoms with Crippen LogP contribution < -0.4 is 11.1 Å². The molecule has 1 aromatic carbocycles. The predicted molar refractivity (Wildman–Crippen MR) is 97.9 cm³/mol. The highest BCUT2D eigenvalue weighted by molar-refractivity contribution is 6.34. The van der Waals surface area contributed by atoms with Crippen LogP contribution in [0.3, 0.4) is 0 Å². The third-order valence-electron chi connectivity index (χ3n) is 5.06. The van der Waals surface area contributed by atoms with E-state index in [1.165, 1.54) is 17.7 Å². The molecule has 0 fully saturated rings. The van der Waals surface area contributed by atoms with E-state index in [0.29, 0.717) is 18.4 Å². The molecule has 5 nitrogen and oxygen atoms in total. The fraction of sp³-hybridized carbons (Fsp3) is 0.300. The standard InChI is InChI=1S/C20H21N3O2/c21-19(24)10-9-14-12-5-1-3-7-16(12)22-18(14)11-15-13-6-2-4-8-17(13)23-20(15)25/h2,4,6,8,11,22H,1,3,5,7,9-10H2,(H2,21,24)(H,23,25). The van der Waals surface area contributed by atoms with E-state index in [0.717, 1.165) is 41.8 Å². The van der Waals surface area contributed by atoms with E-state index in [9.17, 15) is 9.59 Å². The fourth-order valence-corrected chi connectivity index (χ4v) is 3.86. The van der Waals surface area contributed by atoms with Gasteiger partial charge in [-0.25, -0.2) is 0 Å². The van der Waals surface area contributed by atoms with E-state index in [2.05, 4.69) is 10.3 Å². The van der Waals surface area contributed by atoms with Crippen molar-refractivity contribution in [1.29, 1.82) is 0 Å². The van der Waals surface area contributed by atoms with Gasteiger partial charge in [-0.05, 0) is 55.4 Å². The van der Waals surface area contributed by atoms with Crippen LogP contribution in [0.5, 0.6) is 0 Å². The number of carbonyl (C=O) groups excluding carboxylic acids is 2. The van der Waals surface area contributed by atoms with Gasteiger partial charge in [-0.3, -0.25) is 9.59 Å². The number of carbonyl (C=O) groups is 2. The van der Waals surface area contributed by atoms with Gasteiger partial charge in [0.1, 0.15) is 0 Å². The van der Waals surface area contributed by atoms with Gasteiger partial charge in [-0.15, -0.1) is 0 Å². The highest BCUT2D eigenvalue weighted by Gasteiger charge is 2.25. The van der Waals surface area contributed by atoms with Crippen LogP contribution in [-0.4, -0.2) is 16.8 Å². The first-order valence-electron chi connectivity index (χ1n) is 8.77. The lowest BCUT2D eigenvalue weighted by molar-refractivity contribution is -0.118. The van der Waals surface area contributed by atoms with Crippen LogP contribution in [0, 0.1) is 0 Å². The zero-order valence-corrected chi connectivity index (χ0v) is 14.0. The maximum absolute atomic E-state index is 12.4. The Kier molecular flexibility index (Phi) is 3.92. The SMILES string of the molecule is NC(=O)CCc1c(C=C2C(=O)Nc3ccccc32)[nH]c2c1CCCC2. The smallest absolute Gasteiger partial charge is 0.256 e. The molecule has 0 spiro atoms. The summed E-state index contributed by atoms with van der Waals surface area (Å²) in [7, 11) is 0. The van der Waals surface area contributed by atoms with Crippen LogP contribution in [-0.2, 0) is 28.9 Å². The first-order valence-corrected chi connectivity index (χ1v) is 8.77. The molecular weight excluding hydrogens is 314 g/mol. The van der Waals surface area contributed by atoms with Crippen LogP contribution in [0.2, 0.25) is 0 Å². The van der Waals surface area contributed by atoms with Crippen LogP contribution in [0.25, 0.3) is 11.6 Å². The summed E-state index contributed by atoms with van der Waals surface area (Å²) >= 11 is 0. The van der Waals surface area contributed by atoms with Crippen LogP contribution in [0.1, 0.15) is 47.3 Å². The molecule has 128 valence electrons. The number of H-pyrrole nitrogens is 1. The topological polar surface area (TPSA) is 88.0 Å². The molecule has 1 aromatic heterocycles. The third-order valence-corrected chi connectivity index (χ3v) is 5.06. The number of anilines is 1. The minimum absolute atomic E-state index is 0.0883. The van der Waals surface area contributed by atoms with Crippen molar-refractivity contribution in [3.63, 3.8) is 0 Å². The highest BCUT2D eigenvalue weighted by atomic mass is 16.2. The lowest BCUT2D eigenvalue weighted by atomic mass is 9.92. The summed E-state index contributed by atoms with van der Waals surface area (Å²) in [6.07, 6.45) is 7.23. The van der Waals surface area contributed by atoms with E-state index in [4.69, 9.17) is 5.73 Å². The van der Waals surface area contributed by atoms with Crippen LogP contribution in [0.15, 0.2) is 24.3 Å². The Hall–Kier alpha value is -2.82. The number of aromatic nitrogens is 1. The highest BCUT2D eigenvalue weighted by Crippen LogP contribution is 2.35. The minimum atomic E-state index is -0.298. The summed E-state index contributed by atoms with van der Waals surface area (Å²) in [5, 5.41) is 2.90. The number of benzene rings is 1. The van der Waals surface area contributed by atoms with Gasteiger partial charge in [0.05, 0.1) is 5.57 Å². The van der Waals surface area contributed by atoms with E-state index < -0.39 is 0 Å². The number of nitrogens with one attached hydrogen (secondary N) is 2. The fourth-order valence-electron chi connectivity index (χ4n) is 3.86. The number of primary amides is 1. The molecule has 2 aromatic rings. The van der Waals surface area contributed by atoms with Crippen LogP contribution >= 0.6 is 0 Å². The monoisotopic (exact) mass is 335 g/mol. The Morgan fingerprint density at radius 3 is 2.84 bits per heavy atom. The number of nitrogens with two attached hydrogens (primary N) is 1. The molecule has 0 unspecified atom stereocenters.